The first-order valence-electron chi connectivity index (χ1n) is 8.22. The van der Waals surface area contributed by atoms with Gasteiger partial charge in [0.25, 0.3) is 0 Å². The molecule has 0 aromatic carbocycles. The summed E-state index contributed by atoms with van der Waals surface area (Å²) in [6.07, 6.45) is 2.33. The molecule has 1 aliphatic heterocycles. The minimum atomic E-state index is -4.19. The van der Waals surface area contributed by atoms with Gasteiger partial charge in [0.1, 0.15) is 0 Å². The van der Waals surface area contributed by atoms with Gasteiger partial charge in [-0.05, 0) is 32.1 Å². The van der Waals surface area contributed by atoms with E-state index in [-0.39, 0.29) is 24.8 Å². The summed E-state index contributed by atoms with van der Waals surface area (Å²) in [6.45, 7) is 0.631. The van der Waals surface area contributed by atoms with Gasteiger partial charge in [0.2, 0.25) is 5.91 Å². The summed E-state index contributed by atoms with van der Waals surface area (Å²) < 4.78 is 40.6. The largest absolute Gasteiger partial charge is 0.391 e. The predicted octanol–water partition coefficient (Wildman–Crippen LogP) is 3.45. The van der Waals surface area contributed by atoms with Gasteiger partial charge in [-0.1, -0.05) is 6.42 Å². The number of halogens is 3. The average molecular weight is 329 g/mol. The topological polar surface area (TPSA) is 38.1 Å². The molecule has 1 aromatic heterocycles. The third kappa shape index (κ3) is 3.38. The summed E-state index contributed by atoms with van der Waals surface area (Å²) in [5.74, 6) is -1.93. The van der Waals surface area contributed by atoms with E-state index in [1.165, 1.54) is 0 Å². The maximum absolute atomic E-state index is 13.0. The van der Waals surface area contributed by atoms with Crippen molar-refractivity contribution in [3.8, 4) is 0 Å². The number of aromatic nitrogens is 2. The van der Waals surface area contributed by atoms with Crippen LogP contribution in [0, 0.1) is 11.8 Å². The summed E-state index contributed by atoms with van der Waals surface area (Å²) in [7, 11) is 1.82. The molecule has 1 saturated heterocycles. The van der Waals surface area contributed by atoms with Gasteiger partial charge in [0, 0.05) is 31.3 Å². The third-order valence-electron chi connectivity index (χ3n) is 5.13. The van der Waals surface area contributed by atoms with E-state index in [2.05, 4.69) is 5.10 Å². The second-order valence-corrected chi connectivity index (χ2v) is 6.74. The van der Waals surface area contributed by atoms with Gasteiger partial charge in [-0.3, -0.25) is 9.48 Å². The molecule has 23 heavy (non-hydrogen) atoms. The molecule has 2 fully saturated rings. The van der Waals surface area contributed by atoms with Gasteiger partial charge in [-0.15, -0.1) is 0 Å². The number of nitrogens with zero attached hydrogens (tertiary/aromatic N) is 3. The lowest BCUT2D eigenvalue weighted by Crippen LogP contribution is -2.40. The lowest BCUT2D eigenvalue weighted by Gasteiger charge is -2.34. The first-order valence-corrected chi connectivity index (χ1v) is 8.22. The van der Waals surface area contributed by atoms with Crippen LogP contribution in [0.1, 0.15) is 50.1 Å². The number of aryl methyl sites for hydroxylation is 1. The highest BCUT2D eigenvalue weighted by Crippen LogP contribution is 2.42. The van der Waals surface area contributed by atoms with Crippen molar-refractivity contribution >= 4 is 5.91 Å². The van der Waals surface area contributed by atoms with Gasteiger partial charge >= 0.3 is 6.18 Å². The zero-order chi connectivity index (χ0) is 16.6. The summed E-state index contributed by atoms with van der Waals surface area (Å²) in [5.41, 5.74) is 0.974. The van der Waals surface area contributed by atoms with Gasteiger partial charge in [0.05, 0.1) is 18.2 Å². The van der Waals surface area contributed by atoms with Crippen molar-refractivity contribution in [2.75, 3.05) is 6.54 Å². The maximum Gasteiger partial charge on any atom is 0.391 e. The Kier molecular flexibility index (Phi) is 4.38. The molecule has 0 N–H and O–H groups in total. The van der Waals surface area contributed by atoms with Crippen LogP contribution in [0.2, 0.25) is 0 Å². The van der Waals surface area contributed by atoms with E-state index < -0.39 is 18.0 Å². The number of carbonyl (C=O) groups excluding carboxylic acids is 1. The van der Waals surface area contributed by atoms with Crippen molar-refractivity contribution in [3.63, 3.8) is 0 Å². The number of rotatable bonds is 2. The van der Waals surface area contributed by atoms with Crippen molar-refractivity contribution < 1.29 is 18.0 Å². The molecule has 128 valence electrons. The van der Waals surface area contributed by atoms with E-state index >= 15 is 0 Å². The van der Waals surface area contributed by atoms with E-state index in [1.54, 1.807) is 15.8 Å². The SMILES string of the molecule is Cn1cc([C@@H]2CCCN2C(=O)[C@H]2CCC[C@H](C(F)(F)F)C2)cn1. The van der Waals surface area contributed by atoms with Gasteiger partial charge in [0.15, 0.2) is 0 Å². The van der Waals surface area contributed by atoms with Crippen molar-refractivity contribution in [2.45, 2.75) is 50.7 Å². The van der Waals surface area contributed by atoms with Crippen LogP contribution >= 0.6 is 0 Å². The average Bonchev–Trinajstić information content (AvgIpc) is 3.14. The minimum absolute atomic E-state index is 0.0394. The molecule has 0 bridgehead atoms. The van der Waals surface area contributed by atoms with Crippen LogP contribution in [-0.4, -0.2) is 33.3 Å². The molecule has 0 unspecified atom stereocenters. The highest BCUT2D eigenvalue weighted by Gasteiger charge is 2.45. The Labute approximate surface area is 133 Å². The third-order valence-corrected chi connectivity index (χ3v) is 5.13. The molecular formula is C16H22F3N3O. The van der Waals surface area contributed by atoms with E-state index in [4.69, 9.17) is 0 Å². The molecule has 3 rings (SSSR count). The Morgan fingerprint density at radius 2 is 2.04 bits per heavy atom. The van der Waals surface area contributed by atoms with E-state index in [1.807, 2.05) is 13.2 Å². The summed E-state index contributed by atoms with van der Waals surface area (Å²) in [6, 6.07) is -0.0394. The Hall–Kier alpha value is -1.53. The number of alkyl halides is 3. The number of carbonyl (C=O) groups is 1. The Balaban J connectivity index is 1.71. The first kappa shape index (κ1) is 16.3. The van der Waals surface area contributed by atoms with Crippen molar-refractivity contribution in [2.24, 2.45) is 18.9 Å². The van der Waals surface area contributed by atoms with Crippen LogP contribution < -0.4 is 0 Å². The Bertz CT molecular complexity index is 569. The van der Waals surface area contributed by atoms with Crippen LogP contribution in [0.25, 0.3) is 0 Å². The molecule has 0 radical (unpaired) electrons. The molecule has 3 atom stereocenters. The van der Waals surface area contributed by atoms with E-state index in [0.29, 0.717) is 19.4 Å². The molecule has 2 aliphatic rings. The zero-order valence-corrected chi connectivity index (χ0v) is 13.2. The van der Waals surface area contributed by atoms with Crippen LogP contribution in [-0.2, 0) is 11.8 Å². The highest BCUT2D eigenvalue weighted by molar-refractivity contribution is 5.79. The summed E-state index contributed by atoms with van der Waals surface area (Å²) >= 11 is 0. The molecule has 1 saturated carbocycles. The molecule has 1 amide bonds. The van der Waals surface area contributed by atoms with Gasteiger partial charge in [-0.2, -0.15) is 18.3 Å². The fourth-order valence-corrected chi connectivity index (χ4v) is 3.94. The lowest BCUT2D eigenvalue weighted by molar-refractivity contribution is -0.187. The minimum Gasteiger partial charge on any atom is -0.335 e. The fourth-order valence-electron chi connectivity index (χ4n) is 3.94. The standard InChI is InChI=1S/C16H22F3N3O/c1-21-10-12(9-20-21)14-6-3-7-22(14)15(23)11-4-2-5-13(8-11)16(17,18)19/h9-11,13-14H,2-8H2,1H3/t11-,13-,14-/m0/s1. The second-order valence-electron chi connectivity index (χ2n) is 6.74. The molecule has 0 spiro atoms. The lowest BCUT2D eigenvalue weighted by atomic mass is 9.80. The van der Waals surface area contributed by atoms with Crippen LogP contribution in [0.4, 0.5) is 13.2 Å². The number of hydrogen-bond acceptors (Lipinski definition) is 2. The smallest absolute Gasteiger partial charge is 0.335 e. The highest BCUT2D eigenvalue weighted by atomic mass is 19.4. The molecule has 2 heterocycles. The number of amides is 1. The number of likely N-dealkylation sites (tertiary alicyclic amines) is 1. The summed E-state index contributed by atoms with van der Waals surface area (Å²) in [4.78, 5) is 14.6. The van der Waals surface area contributed by atoms with E-state index in [0.717, 1.165) is 18.4 Å². The first-order chi connectivity index (χ1) is 10.9. The van der Waals surface area contributed by atoms with Crippen molar-refractivity contribution in [3.05, 3.63) is 18.0 Å². The normalized spacial score (nSPS) is 29.0. The quantitative estimate of drug-likeness (QED) is 0.833. The predicted molar refractivity (Wildman–Crippen MR) is 78.4 cm³/mol. The van der Waals surface area contributed by atoms with Gasteiger partial charge < -0.3 is 4.90 Å². The van der Waals surface area contributed by atoms with Crippen LogP contribution in [0.15, 0.2) is 12.4 Å². The monoisotopic (exact) mass is 329 g/mol. The molecular weight excluding hydrogens is 307 g/mol. The van der Waals surface area contributed by atoms with Crippen molar-refractivity contribution in [1.82, 2.24) is 14.7 Å². The fraction of sp³-hybridized carbons (Fsp3) is 0.750. The molecule has 7 heteroatoms. The van der Waals surface area contributed by atoms with Crippen molar-refractivity contribution in [1.29, 1.82) is 0 Å². The molecule has 1 aliphatic carbocycles. The van der Waals surface area contributed by atoms with Crippen LogP contribution in [0.3, 0.4) is 0 Å². The zero-order valence-electron chi connectivity index (χ0n) is 13.2. The Morgan fingerprint density at radius 1 is 1.26 bits per heavy atom. The second kappa shape index (κ2) is 6.17. The van der Waals surface area contributed by atoms with Crippen LogP contribution in [0.5, 0.6) is 0 Å². The van der Waals surface area contributed by atoms with Gasteiger partial charge in [-0.25, -0.2) is 0 Å². The summed E-state index contributed by atoms with van der Waals surface area (Å²) in [5, 5.41) is 4.14. The van der Waals surface area contributed by atoms with E-state index in [9.17, 15) is 18.0 Å². The molecule has 4 nitrogen and oxygen atoms in total. The molecule has 1 aromatic rings. The maximum atomic E-state index is 13.0. The Morgan fingerprint density at radius 3 is 2.70 bits per heavy atom. The number of hydrogen-bond donors (Lipinski definition) is 0.